The van der Waals surface area contributed by atoms with E-state index >= 15 is 0 Å². The van der Waals surface area contributed by atoms with E-state index in [0.717, 1.165) is 6.07 Å². The van der Waals surface area contributed by atoms with E-state index in [0.29, 0.717) is 26.9 Å². The predicted molar refractivity (Wildman–Crippen MR) is 91.8 cm³/mol. The highest BCUT2D eigenvalue weighted by atomic mass is 35.5. The lowest BCUT2D eigenvalue weighted by Crippen LogP contribution is -2.36. The van der Waals surface area contributed by atoms with Gasteiger partial charge in [-0.2, -0.15) is 27.1 Å². The number of halogens is 6. The lowest BCUT2D eigenvalue weighted by atomic mass is 10.2. The van der Waals surface area contributed by atoms with Gasteiger partial charge in [0.1, 0.15) is 5.69 Å². The molecule has 11 heteroatoms. The van der Waals surface area contributed by atoms with Crippen LogP contribution in [0.4, 0.5) is 27.6 Å². The molecule has 28 heavy (non-hydrogen) atoms. The number of hydrogen-bond acceptors (Lipinski definition) is 3. The summed E-state index contributed by atoms with van der Waals surface area (Å²) in [4.78, 5) is 16.3. The number of nitrogens with zero attached hydrogens (tertiary/aromatic N) is 3. The van der Waals surface area contributed by atoms with Gasteiger partial charge in [0.25, 0.3) is 5.91 Å². The Labute approximate surface area is 160 Å². The van der Waals surface area contributed by atoms with Crippen LogP contribution in [0.3, 0.4) is 0 Å². The summed E-state index contributed by atoms with van der Waals surface area (Å²) in [5.74, 6) is -5.99. The van der Waals surface area contributed by atoms with Crippen LogP contribution < -0.4 is 5.32 Å². The summed E-state index contributed by atoms with van der Waals surface area (Å²) in [6.07, 6.45) is -5.83. The summed E-state index contributed by atoms with van der Waals surface area (Å²) in [5, 5.41) is 6.45. The van der Waals surface area contributed by atoms with E-state index in [1.807, 2.05) is 0 Å². The number of benzene rings is 1. The first-order valence-corrected chi connectivity index (χ1v) is 8.18. The zero-order valence-electron chi connectivity index (χ0n) is 14.4. The van der Waals surface area contributed by atoms with Crippen molar-refractivity contribution >= 4 is 28.8 Å². The zero-order valence-corrected chi connectivity index (χ0v) is 15.2. The minimum absolute atomic E-state index is 0.0797. The van der Waals surface area contributed by atoms with Crippen molar-refractivity contribution in [1.82, 2.24) is 14.6 Å². The molecule has 0 spiro atoms. The predicted octanol–water partition coefficient (Wildman–Crippen LogP) is 4.91. The van der Waals surface area contributed by atoms with Crippen molar-refractivity contribution in [2.24, 2.45) is 0 Å². The van der Waals surface area contributed by atoms with Crippen LogP contribution in [0, 0.1) is 13.8 Å². The number of hydrogen-bond donors (Lipinski definition) is 1. The number of anilines is 1. The Bertz CT molecular complexity index is 1080. The molecule has 1 N–H and O–H groups in total. The number of alkyl halides is 5. The van der Waals surface area contributed by atoms with Gasteiger partial charge in [-0.25, -0.2) is 9.50 Å². The van der Waals surface area contributed by atoms with Crippen molar-refractivity contribution in [3.8, 4) is 0 Å². The maximum Gasteiger partial charge on any atom is 0.459 e. The van der Waals surface area contributed by atoms with Gasteiger partial charge in [-0.05, 0) is 37.6 Å². The van der Waals surface area contributed by atoms with E-state index in [-0.39, 0.29) is 17.0 Å². The molecule has 0 saturated heterocycles. The standard InChI is InChI=1S/C17H12ClF5N4O/c1-8-3-4-10(18)6-11(8)25-15(28)12-7-14-24-9(2)5-13(27(14)26-12)16(19,20)17(21,22)23/h3-7H,1-2H3,(H,25,28). The molecule has 5 nitrogen and oxygen atoms in total. The largest absolute Gasteiger partial charge is 0.459 e. The van der Waals surface area contributed by atoms with E-state index in [9.17, 15) is 26.7 Å². The molecule has 3 aromatic rings. The molecule has 0 bridgehead atoms. The Balaban J connectivity index is 2.06. The molecule has 0 atom stereocenters. The zero-order chi connectivity index (χ0) is 20.9. The molecule has 0 radical (unpaired) electrons. The summed E-state index contributed by atoms with van der Waals surface area (Å²) < 4.78 is 66.5. The molecule has 1 aromatic carbocycles. The third-order valence-electron chi connectivity index (χ3n) is 3.91. The second kappa shape index (κ2) is 6.69. The number of amides is 1. The van der Waals surface area contributed by atoms with Crippen LogP contribution in [0.15, 0.2) is 30.3 Å². The van der Waals surface area contributed by atoms with E-state index < -0.39 is 23.7 Å². The van der Waals surface area contributed by atoms with Crippen LogP contribution >= 0.6 is 11.6 Å². The van der Waals surface area contributed by atoms with Crippen LogP contribution in [0.25, 0.3) is 5.65 Å². The highest BCUT2D eigenvalue weighted by molar-refractivity contribution is 6.31. The quantitative estimate of drug-likeness (QED) is 0.615. The van der Waals surface area contributed by atoms with Gasteiger partial charge in [0.2, 0.25) is 0 Å². The number of rotatable bonds is 3. The Kier molecular flexibility index (Phi) is 4.78. The van der Waals surface area contributed by atoms with Gasteiger partial charge in [0.15, 0.2) is 11.3 Å². The molecule has 0 aliphatic rings. The fraction of sp³-hybridized carbons (Fsp3) is 0.235. The average molecular weight is 419 g/mol. The second-order valence-corrected chi connectivity index (χ2v) is 6.50. The van der Waals surface area contributed by atoms with E-state index in [1.165, 1.54) is 13.0 Å². The fourth-order valence-corrected chi connectivity index (χ4v) is 2.67. The smallest absolute Gasteiger partial charge is 0.320 e. The van der Waals surface area contributed by atoms with Gasteiger partial charge >= 0.3 is 12.1 Å². The average Bonchev–Trinajstić information content (AvgIpc) is 3.00. The third kappa shape index (κ3) is 3.51. The summed E-state index contributed by atoms with van der Waals surface area (Å²) >= 11 is 5.87. The minimum Gasteiger partial charge on any atom is -0.320 e. The number of fused-ring (bicyclic) bond motifs is 1. The molecular weight excluding hydrogens is 407 g/mol. The first kappa shape index (κ1) is 20.0. The van der Waals surface area contributed by atoms with Gasteiger partial charge in [-0.1, -0.05) is 17.7 Å². The molecule has 0 saturated carbocycles. The number of aromatic nitrogens is 3. The van der Waals surface area contributed by atoms with E-state index in [2.05, 4.69) is 15.4 Å². The molecule has 0 aliphatic carbocycles. The van der Waals surface area contributed by atoms with E-state index in [4.69, 9.17) is 11.6 Å². The normalized spacial score (nSPS) is 12.4. The molecule has 0 fully saturated rings. The summed E-state index contributed by atoms with van der Waals surface area (Å²) in [6.45, 7) is 2.96. The fourth-order valence-electron chi connectivity index (χ4n) is 2.50. The number of aryl methyl sites for hydroxylation is 2. The maximum atomic E-state index is 13.9. The van der Waals surface area contributed by atoms with Gasteiger partial charge in [0, 0.05) is 22.5 Å². The van der Waals surface area contributed by atoms with Crippen LogP contribution in [-0.2, 0) is 5.92 Å². The third-order valence-corrected chi connectivity index (χ3v) is 4.15. The molecule has 0 aliphatic heterocycles. The number of carbonyl (C=O) groups is 1. The maximum absolute atomic E-state index is 13.9. The lowest BCUT2D eigenvalue weighted by molar-refractivity contribution is -0.291. The summed E-state index contributed by atoms with van der Waals surface area (Å²) in [5.41, 5.74) is -1.19. The molecule has 2 heterocycles. The minimum atomic E-state index is -5.83. The van der Waals surface area contributed by atoms with E-state index in [1.54, 1.807) is 19.1 Å². The van der Waals surface area contributed by atoms with Gasteiger partial charge in [-0.15, -0.1) is 0 Å². The van der Waals surface area contributed by atoms with Crippen molar-refractivity contribution < 1.29 is 26.7 Å². The van der Waals surface area contributed by atoms with Crippen LogP contribution in [0.5, 0.6) is 0 Å². The highest BCUT2D eigenvalue weighted by Gasteiger charge is 2.60. The molecule has 148 valence electrons. The Morgan fingerprint density at radius 2 is 1.79 bits per heavy atom. The first-order valence-electron chi connectivity index (χ1n) is 7.80. The van der Waals surface area contributed by atoms with Crippen LogP contribution in [-0.4, -0.2) is 26.7 Å². The van der Waals surface area contributed by atoms with Crippen molar-refractivity contribution in [2.45, 2.75) is 25.9 Å². The molecular formula is C17H12ClF5N4O. The Morgan fingerprint density at radius 3 is 2.43 bits per heavy atom. The molecule has 3 rings (SSSR count). The number of nitrogens with one attached hydrogen (secondary N) is 1. The Hall–Kier alpha value is -2.75. The van der Waals surface area contributed by atoms with Gasteiger partial charge < -0.3 is 5.32 Å². The van der Waals surface area contributed by atoms with Crippen molar-refractivity contribution in [2.75, 3.05) is 5.32 Å². The SMILES string of the molecule is Cc1cc(C(F)(F)C(F)(F)F)n2nc(C(=O)Nc3cc(Cl)ccc3C)cc2n1. The first-order chi connectivity index (χ1) is 12.9. The van der Waals surface area contributed by atoms with Crippen LogP contribution in [0.2, 0.25) is 5.02 Å². The topological polar surface area (TPSA) is 59.3 Å². The van der Waals surface area contributed by atoms with Gasteiger partial charge in [-0.3, -0.25) is 4.79 Å². The monoisotopic (exact) mass is 418 g/mol. The molecule has 0 unspecified atom stereocenters. The Morgan fingerprint density at radius 1 is 1.11 bits per heavy atom. The molecule has 2 aromatic heterocycles. The van der Waals surface area contributed by atoms with Crippen molar-refractivity contribution in [3.05, 3.63) is 58.0 Å². The molecule has 1 amide bonds. The summed E-state index contributed by atoms with van der Waals surface area (Å²) in [7, 11) is 0. The van der Waals surface area contributed by atoms with Crippen molar-refractivity contribution in [1.29, 1.82) is 0 Å². The second-order valence-electron chi connectivity index (χ2n) is 6.07. The lowest BCUT2D eigenvalue weighted by Gasteiger charge is -2.20. The van der Waals surface area contributed by atoms with Crippen LogP contribution in [0.1, 0.15) is 27.4 Å². The highest BCUT2D eigenvalue weighted by Crippen LogP contribution is 2.43. The van der Waals surface area contributed by atoms with Crippen molar-refractivity contribution in [3.63, 3.8) is 0 Å². The number of carbonyl (C=O) groups excluding carboxylic acids is 1. The summed E-state index contributed by atoms with van der Waals surface area (Å²) in [6, 6.07) is 6.33. The van der Waals surface area contributed by atoms with Gasteiger partial charge in [0.05, 0.1) is 0 Å².